The third-order valence-electron chi connectivity index (χ3n) is 4.02. The first-order valence-electron chi connectivity index (χ1n) is 8.64. The molecule has 0 atom stereocenters. The number of methoxy groups -OCH3 is 1. The fraction of sp³-hybridized carbons (Fsp3) is 0.300. The average molecular weight is 385 g/mol. The van der Waals surface area contributed by atoms with Gasteiger partial charge in [0.1, 0.15) is 12.4 Å². The summed E-state index contributed by atoms with van der Waals surface area (Å²) in [6, 6.07) is 15.5. The predicted molar refractivity (Wildman–Crippen MR) is 106 cm³/mol. The average Bonchev–Trinajstić information content (AvgIpc) is 3.04. The second-order valence-corrected chi connectivity index (χ2v) is 6.92. The normalized spacial score (nSPS) is 10.6. The number of aromatic nitrogens is 3. The van der Waals surface area contributed by atoms with E-state index in [9.17, 15) is 0 Å². The smallest absolute Gasteiger partial charge is 0.191 e. The number of benzene rings is 2. The van der Waals surface area contributed by atoms with Gasteiger partial charge in [-0.2, -0.15) is 0 Å². The maximum atomic E-state index is 5.85. The van der Waals surface area contributed by atoms with Crippen LogP contribution >= 0.6 is 11.8 Å². The zero-order chi connectivity index (χ0) is 19.1. The molecule has 0 amide bonds. The largest absolute Gasteiger partial charge is 0.493 e. The van der Waals surface area contributed by atoms with Crippen LogP contribution in [0, 0.1) is 6.92 Å². The summed E-state index contributed by atoms with van der Waals surface area (Å²) in [5.41, 5.74) is 1.10. The maximum Gasteiger partial charge on any atom is 0.191 e. The molecule has 0 saturated carbocycles. The van der Waals surface area contributed by atoms with Crippen LogP contribution in [0.4, 0.5) is 0 Å². The second-order valence-electron chi connectivity index (χ2n) is 5.86. The van der Waals surface area contributed by atoms with E-state index < -0.39 is 0 Å². The molecular weight excluding hydrogens is 362 g/mol. The van der Waals surface area contributed by atoms with Crippen LogP contribution < -0.4 is 14.2 Å². The van der Waals surface area contributed by atoms with Gasteiger partial charge in [0.05, 0.1) is 13.7 Å². The SMILES string of the molecule is COc1ccccc1OCCSc1nnc(COc2ccccc2C)n1C. The van der Waals surface area contributed by atoms with Crippen LogP contribution in [-0.4, -0.2) is 34.2 Å². The molecule has 6 nitrogen and oxygen atoms in total. The lowest BCUT2D eigenvalue weighted by Crippen LogP contribution is -2.06. The van der Waals surface area contributed by atoms with Crippen LogP contribution in [0.5, 0.6) is 17.2 Å². The number of rotatable bonds is 9. The van der Waals surface area contributed by atoms with Crippen molar-refractivity contribution >= 4 is 11.8 Å². The molecule has 1 heterocycles. The Kier molecular flexibility index (Phi) is 6.59. The van der Waals surface area contributed by atoms with E-state index in [4.69, 9.17) is 14.2 Å². The van der Waals surface area contributed by atoms with E-state index in [0.29, 0.717) is 13.2 Å². The Morgan fingerprint density at radius 1 is 0.926 bits per heavy atom. The third kappa shape index (κ3) is 4.95. The number of thioether (sulfide) groups is 1. The summed E-state index contributed by atoms with van der Waals surface area (Å²) < 4.78 is 18.9. The standard InChI is InChI=1S/C20H23N3O3S/c1-15-8-4-5-9-16(15)26-14-19-21-22-20(23(19)2)27-13-12-25-18-11-7-6-10-17(18)24-3/h4-11H,12-14H2,1-3H3. The monoisotopic (exact) mass is 385 g/mol. The molecule has 0 aliphatic rings. The van der Waals surface area contributed by atoms with Crippen molar-refractivity contribution in [2.24, 2.45) is 7.05 Å². The van der Waals surface area contributed by atoms with Gasteiger partial charge in [-0.3, -0.25) is 0 Å². The van der Waals surface area contributed by atoms with Crippen LogP contribution in [0.1, 0.15) is 11.4 Å². The van der Waals surface area contributed by atoms with Crippen molar-refractivity contribution in [3.8, 4) is 17.2 Å². The molecule has 0 unspecified atom stereocenters. The summed E-state index contributed by atoms with van der Waals surface area (Å²) >= 11 is 1.59. The molecule has 0 aliphatic heterocycles. The van der Waals surface area contributed by atoms with Crippen molar-refractivity contribution < 1.29 is 14.2 Å². The van der Waals surface area contributed by atoms with Gasteiger partial charge in [-0.25, -0.2) is 0 Å². The molecule has 0 spiro atoms. The number of ether oxygens (including phenoxy) is 3. The molecule has 0 saturated heterocycles. The van der Waals surface area contributed by atoms with Crippen molar-refractivity contribution in [3.05, 3.63) is 59.9 Å². The second kappa shape index (κ2) is 9.32. The van der Waals surface area contributed by atoms with E-state index in [1.54, 1.807) is 18.9 Å². The van der Waals surface area contributed by atoms with Crippen molar-refractivity contribution in [1.29, 1.82) is 0 Å². The van der Waals surface area contributed by atoms with Crippen molar-refractivity contribution in [1.82, 2.24) is 14.8 Å². The fourth-order valence-electron chi connectivity index (χ4n) is 2.48. The molecule has 1 aromatic heterocycles. The summed E-state index contributed by atoms with van der Waals surface area (Å²) in [7, 11) is 3.58. The predicted octanol–water partition coefficient (Wildman–Crippen LogP) is 3.88. The highest BCUT2D eigenvalue weighted by Gasteiger charge is 2.11. The lowest BCUT2D eigenvalue weighted by molar-refractivity contribution is 0.288. The van der Waals surface area contributed by atoms with E-state index in [2.05, 4.69) is 10.2 Å². The van der Waals surface area contributed by atoms with Gasteiger partial charge >= 0.3 is 0 Å². The number of hydrogen-bond acceptors (Lipinski definition) is 6. The maximum absolute atomic E-state index is 5.85. The number of hydrogen-bond donors (Lipinski definition) is 0. The molecule has 3 rings (SSSR count). The Labute approximate surface area is 163 Å². The molecule has 3 aromatic rings. The van der Waals surface area contributed by atoms with Crippen LogP contribution in [0.15, 0.2) is 53.7 Å². The van der Waals surface area contributed by atoms with E-state index >= 15 is 0 Å². The van der Waals surface area contributed by atoms with Crippen molar-refractivity contribution in [2.75, 3.05) is 19.5 Å². The zero-order valence-corrected chi connectivity index (χ0v) is 16.5. The molecule has 0 fully saturated rings. The Bertz CT molecular complexity index is 882. The number of nitrogens with zero attached hydrogens (tertiary/aromatic N) is 3. The first kappa shape index (κ1) is 19.1. The first-order chi connectivity index (χ1) is 13.2. The van der Waals surface area contributed by atoms with E-state index in [0.717, 1.165) is 39.5 Å². The van der Waals surface area contributed by atoms with Gasteiger partial charge in [-0.15, -0.1) is 10.2 Å². The Morgan fingerprint density at radius 3 is 2.37 bits per heavy atom. The Morgan fingerprint density at radius 2 is 1.63 bits per heavy atom. The molecule has 0 aliphatic carbocycles. The highest BCUT2D eigenvalue weighted by molar-refractivity contribution is 7.99. The van der Waals surface area contributed by atoms with Crippen molar-refractivity contribution in [2.45, 2.75) is 18.7 Å². The minimum atomic E-state index is 0.382. The third-order valence-corrected chi connectivity index (χ3v) is 5.00. The van der Waals surface area contributed by atoms with Crippen LogP contribution in [0.3, 0.4) is 0 Å². The van der Waals surface area contributed by atoms with Gasteiger partial charge in [-0.05, 0) is 30.7 Å². The van der Waals surface area contributed by atoms with Gasteiger partial charge in [0, 0.05) is 12.8 Å². The topological polar surface area (TPSA) is 58.4 Å². The molecule has 142 valence electrons. The summed E-state index contributed by atoms with van der Waals surface area (Å²) in [5.74, 6) is 3.87. The minimum absolute atomic E-state index is 0.382. The van der Waals surface area contributed by atoms with E-state index in [1.165, 1.54) is 0 Å². The number of aryl methyl sites for hydroxylation is 1. The summed E-state index contributed by atoms with van der Waals surface area (Å²) in [6.45, 7) is 2.95. The van der Waals surface area contributed by atoms with E-state index in [-0.39, 0.29) is 0 Å². The zero-order valence-electron chi connectivity index (χ0n) is 15.7. The Balaban J connectivity index is 1.49. The van der Waals surface area contributed by atoms with Gasteiger partial charge in [0.2, 0.25) is 0 Å². The van der Waals surface area contributed by atoms with Crippen molar-refractivity contribution in [3.63, 3.8) is 0 Å². The molecule has 27 heavy (non-hydrogen) atoms. The van der Waals surface area contributed by atoms with Gasteiger partial charge in [0.25, 0.3) is 0 Å². The van der Waals surface area contributed by atoms with Crippen LogP contribution in [0.2, 0.25) is 0 Å². The van der Waals surface area contributed by atoms with E-state index in [1.807, 2.05) is 67.1 Å². The lowest BCUT2D eigenvalue weighted by atomic mass is 10.2. The molecule has 7 heteroatoms. The molecule has 0 N–H and O–H groups in total. The molecular formula is C20H23N3O3S. The Hall–Kier alpha value is -2.67. The lowest BCUT2D eigenvalue weighted by Gasteiger charge is -2.10. The van der Waals surface area contributed by atoms with Gasteiger partial charge in [0.15, 0.2) is 22.5 Å². The first-order valence-corrected chi connectivity index (χ1v) is 9.63. The molecule has 2 aromatic carbocycles. The number of para-hydroxylation sites is 3. The van der Waals surface area contributed by atoms with Gasteiger partial charge in [-0.1, -0.05) is 42.1 Å². The summed E-state index contributed by atoms with van der Waals surface area (Å²) in [4.78, 5) is 0. The molecule has 0 radical (unpaired) electrons. The molecule has 0 bridgehead atoms. The quantitative estimate of drug-likeness (QED) is 0.411. The highest BCUT2D eigenvalue weighted by Crippen LogP contribution is 2.26. The highest BCUT2D eigenvalue weighted by atomic mass is 32.2. The summed E-state index contributed by atoms with van der Waals surface area (Å²) in [6.07, 6.45) is 0. The van der Waals surface area contributed by atoms with Crippen LogP contribution in [0.25, 0.3) is 0 Å². The minimum Gasteiger partial charge on any atom is -0.493 e. The van der Waals surface area contributed by atoms with Gasteiger partial charge < -0.3 is 18.8 Å². The van der Waals surface area contributed by atoms with Crippen LogP contribution in [-0.2, 0) is 13.7 Å². The fourth-order valence-corrected chi connectivity index (χ4v) is 3.23. The summed E-state index contributed by atoms with van der Waals surface area (Å²) in [5, 5.41) is 9.31.